The molecule has 1 aliphatic heterocycles. The van der Waals surface area contributed by atoms with Crippen molar-refractivity contribution in [3.05, 3.63) is 23.3 Å². The Balaban J connectivity index is 3.71. The van der Waals surface area contributed by atoms with Crippen LogP contribution in [0.3, 0.4) is 0 Å². The van der Waals surface area contributed by atoms with Crippen LogP contribution < -0.4 is 0 Å². The fourth-order valence-corrected chi connectivity index (χ4v) is 6.86. The Morgan fingerprint density at radius 2 is 1.46 bits per heavy atom. The highest BCUT2D eigenvalue weighted by Gasteiger charge is 2.52. The Hall–Kier alpha value is -0.686. The summed E-state index contributed by atoms with van der Waals surface area (Å²) < 4.78 is 27.6. The number of hydrogen-bond donors (Lipinski definition) is 0. The highest BCUT2D eigenvalue weighted by Crippen LogP contribution is 2.44. The van der Waals surface area contributed by atoms with Gasteiger partial charge in [-0.1, -0.05) is 66.2 Å². The SMILES string of the molecule is C#CC[C@H](O[Si](C)(C)C(C)(C)C)[C@@H](O[Si](C)(C)C(C)(C)C)[C@@H]1OC(C)(C)O[C@H](/C(C)=C/C(C)=C/C)[C@@H]1C. The van der Waals surface area contributed by atoms with E-state index in [1.807, 2.05) is 13.8 Å². The Morgan fingerprint density at radius 3 is 1.89 bits per heavy atom. The minimum Gasteiger partial charge on any atom is -0.410 e. The van der Waals surface area contributed by atoms with Crippen LogP contribution in [0.2, 0.25) is 36.3 Å². The second-order valence-electron chi connectivity index (χ2n) is 14.5. The minimum atomic E-state index is -2.20. The van der Waals surface area contributed by atoms with E-state index in [1.165, 1.54) is 11.1 Å². The van der Waals surface area contributed by atoms with Crippen molar-refractivity contribution < 1.29 is 18.3 Å². The van der Waals surface area contributed by atoms with E-state index >= 15 is 0 Å². The molecule has 37 heavy (non-hydrogen) atoms. The van der Waals surface area contributed by atoms with Gasteiger partial charge in [0.1, 0.15) is 0 Å². The van der Waals surface area contributed by atoms with Crippen LogP contribution in [0.1, 0.15) is 89.5 Å². The number of hydrogen-bond acceptors (Lipinski definition) is 4. The molecule has 1 heterocycles. The first-order valence-electron chi connectivity index (χ1n) is 14.0. The van der Waals surface area contributed by atoms with E-state index in [9.17, 15) is 0 Å². The third-order valence-corrected chi connectivity index (χ3v) is 17.7. The first kappa shape index (κ1) is 34.3. The molecule has 0 unspecified atom stereocenters. The lowest BCUT2D eigenvalue weighted by molar-refractivity contribution is -0.327. The van der Waals surface area contributed by atoms with E-state index in [1.54, 1.807) is 0 Å². The standard InChI is InChI=1S/C31H58O4Si2/c1-18-20-25(34-36(14,15)29(6,7)8)28(35-37(16,17)30(9,10)11)27-24(5)26(32-31(12,13)33-27)23(4)21-22(3)19-2/h1,19,21,24-28H,20H2,2-17H3/b22-19+,23-21+/t24-,25-,26+,27+,28+/m0/s1. The molecule has 0 aromatic carbocycles. The summed E-state index contributed by atoms with van der Waals surface area (Å²) >= 11 is 0. The van der Waals surface area contributed by atoms with Crippen LogP contribution in [-0.4, -0.2) is 46.8 Å². The van der Waals surface area contributed by atoms with Crippen molar-refractivity contribution in [2.75, 3.05) is 0 Å². The zero-order valence-electron chi connectivity index (χ0n) is 27.0. The van der Waals surface area contributed by atoms with E-state index in [0.29, 0.717) is 6.42 Å². The Kier molecular flexibility index (Phi) is 11.3. The van der Waals surface area contributed by atoms with E-state index in [2.05, 4.69) is 113 Å². The second kappa shape index (κ2) is 12.2. The minimum absolute atomic E-state index is 0.0328. The van der Waals surface area contributed by atoms with Gasteiger partial charge in [0.2, 0.25) is 0 Å². The molecule has 0 amide bonds. The van der Waals surface area contributed by atoms with Gasteiger partial charge >= 0.3 is 0 Å². The molecule has 0 aromatic heterocycles. The maximum absolute atomic E-state index is 7.24. The van der Waals surface area contributed by atoms with Gasteiger partial charge in [0.25, 0.3) is 0 Å². The van der Waals surface area contributed by atoms with E-state index in [0.717, 1.165) is 0 Å². The first-order valence-corrected chi connectivity index (χ1v) is 19.8. The van der Waals surface area contributed by atoms with Crippen molar-refractivity contribution >= 4 is 16.6 Å². The van der Waals surface area contributed by atoms with Crippen molar-refractivity contribution in [1.82, 2.24) is 0 Å². The van der Waals surface area contributed by atoms with Gasteiger partial charge in [-0.15, -0.1) is 12.3 Å². The molecule has 0 saturated carbocycles. The van der Waals surface area contributed by atoms with Gasteiger partial charge in [-0.05, 0) is 76.5 Å². The van der Waals surface area contributed by atoms with Gasteiger partial charge in [-0.3, -0.25) is 0 Å². The van der Waals surface area contributed by atoms with Crippen LogP contribution in [0.5, 0.6) is 0 Å². The van der Waals surface area contributed by atoms with Crippen LogP contribution >= 0.6 is 0 Å². The molecule has 0 aliphatic carbocycles. The molecule has 5 atom stereocenters. The summed E-state index contributed by atoms with van der Waals surface area (Å²) in [5.41, 5.74) is 2.41. The lowest BCUT2D eigenvalue weighted by Gasteiger charge is -2.52. The molecule has 0 radical (unpaired) electrons. The molecular weight excluding hydrogens is 493 g/mol. The quantitative estimate of drug-likeness (QED) is 0.163. The zero-order chi connectivity index (χ0) is 29.2. The fraction of sp³-hybridized carbons (Fsp3) is 0.806. The summed E-state index contributed by atoms with van der Waals surface area (Å²) in [7, 11) is -4.34. The molecule has 1 fully saturated rings. The molecule has 1 saturated heterocycles. The first-order chi connectivity index (χ1) is 16.5. The normalized spacial score (nSPS) is 26.0. The van der Waals surface area contributed by atoms with Crippen molar-refractivity contribution in [2.45, 2.75) is 156 Å². The largest absolute Gasteiger partial charge is 0.410 e. The molecule has 214 valence electrons. The Morgan fingerprint density at radius 1 is 0.973 bits per heavy atom. The molecule has 1 rings (SSSR count). The van der Waals surface area contributed by atoms with Crippen LogP contribution in [0, 0.1) is 18.3 Å². The summed E-state index contributed by atoms with van der Waals surface area (Å²) in [6.07, 6.45) is 9.89. The molecule has 6 heteroatoms. The molecular formula is C31H58O4Si2. The van der Waals surface area contributed by atoms with Gasteiger partial charge < -0.3 is 18.3 Å². The number of allylic oxidation sites excluding steroid dienone is 3. The molecule has 1 aliphatic rings. The lowest BCUT2D eigenvalue weighted by atomic mass is 9.85. The Bertz CT molecular complexity index is 865. The van der Waals surface area contributed by atoms with Crippen LogP contribution in [0.4, 0.5) is 0 Å². The third kappa shape index (κ3) is 8.91. The van der Waals surface area contributed by atoms with Crippen LogP contribution in [0.25, 0.3) is 0 Å². The maximum Gasteiger partial charge on any atom is 0.192 e. The fourth-order valence-electron chi connectivity index (χ4n) is 4.21. The summed E-state index contributed by atoms with van der Waals surface area (Å²) in [5, 5.41) is 0.0831. The number of ether oxygens (including phenoxy) is 2. The average Bonchev–Trinajstić information content (AvgIpc) is 2.71. The number of rotatable bonds is 9. The van der Waals surface area contributed by atoms with Gasteiger partial charge in [-0.2, -0.15) is 0 Å². The molecule has 4 nitrogen and oxygen atoms in total. The molecule has 0 spiro atoms. The third-order valence-electron chi connectivity index (χ3n) is 8.68. The van der Waals surface area contributed by atoms with E-state index in [-0.39, 0.29) is 40.4 Å². The number of terminal acetylenes is 1. The van der Waals surface area contributed by atoms with Gasteiger partial charge in [-0.25, -0.2) is 0 Å². The van der Waals surface area contributed by atoms with Crippen LogP contribution in [0.15, 0.2) is 23.3 Å². The molecule has 0 bridgehead atoms. The topological polar surface area (TPSA) is 36.9 Å². The maximum atomic E-state index is 7.24. The molecule has 0 aromatic rings. The highest BCUT2D eigenvalue weighted by molar-refractivity contribution is 6.74. The second-order valence-corrected chi connectivity index (χ2v) is 24.0. The predicted octanol–water partition coefficient (Wildman–Crippen LogP) is 8.86. The zero-order valence-corrected chi connectivity index (χ0v) is 29.0. The van der Waals surface area contributed by atoms with Gasteiger partial charge in [0.05, 0.1) is 24.4 Å². The lowest BCUT2D eigenvalue weighted by Crippen LogP contribution is -2.62. The van der Waals surface area contributed by atoms with Crippen molar-refractivity contribution in [3.63, 3.8) is 0 Å². The van der Waals surface area contributed by atoms with E-state index < -0.39 is 22.4 Å². The van der Waals surface area contributed by atoms with Crippen molar-refractivity contribution in [1.29, 1.82) is 0 Å². The average molecular weight is 551 g/mol. The summed E-state index contributed by atoms with van der Waals surface area (Å²) in [5.74, 6) is 2.19. The van der Waals surface area contributed by atoms with Crippen molar-refractivity contribution in [3.8, 4) is 12.3 Å². The summed E-state index contributed by atoms with van der Waals surface area (Å²) in [4.78, 5) is 0. The smallest absolute Gasteiger partial charge is 0.192 e. The highest BCUT2D eigenvalue weighted by atomic mass is 28.4. The van der Waals surface area contributed by atoms with Crippen molar-refractivity contribution in [2.24, 2.45) is 5.92 Å². The molecule has 0 N–H and O–H groups in total. The summed E-state index contributed by atoms with van der Waals surface area (Å²) in [6.45, 7) is 35.3. The summed E-state index contributed by atoms with van der Waals surface area (Å²) in [6, 6.07) is 0. The van der Waals surface area contributed by atoms with Gasteiger partial charge in [0, 0.05) is 12.3 Å². The van der Waals surface area contributed by atoms with Gasteiger partial charge in [0.15, 0.2) is 22.4 Å². The van der Waals surface area contributed by atoms with Crippen LogP contribution in [-0.2, 0) is 18.3 Å². The predicted molar refractivity (Wildman–Crippen MR) is 164 cm³/mol. The van der Waals surface area contributed by atoms with E-state index in [4.69, 9.17) is 24.7 Å². The Labute approximate surface area is 232 Å². The monoisotopic (exact) mass is 550 g/mol.